The summed E-state index contributed by atoms with van der Waals surface area (Å²) in [5.41, 5.74) is 1.89. The van der Waals surface area contributed by atoms with Crippen molar-refractivity contribution in [3.05, 3.63) is 39.6 Å². The maximum absolute atomic E-state index is 13.0. The van der Waals surface area contributed by atoms with Crippen molar-refractivity contribution in [3.63, 3.8) is 0 Å². The number of nitrogens with one attached hydrogen (secondary N) is 1. The van der Waals surface area contributed by atoms with Gasteiger partial charge in [-0.1, -0.05) is 12.8 Å². The minimum absolute atomic E-state index is 0.0222. The van der Waals surface area contributed by atoms with E-state index in [1.165, 1.54) is 17.7 Å². The van der Waals surface area contributed by atoms with Gasteiger partial charge in [-0.2, -0.15) is 0 Å². The van der Waals surface area contributed by atoms with Crippen LogP contribution >= 0.6 is 11.3 Å². The number of fused-ring (bicyclic) bond motifs is 2. The molecule has 164 valence electrons. The first kappa shape index (κ1) is 20.4. The van der Waals surface area contributed by atoms with E-state index in [4.69, 9.17) is 9.47 Å². The van der Waals surface area contributed by atoms with Gasteiger partial charge in [-0.05, 0) is 55.9 Å². The molecule has 0 radical (unpaired) electrons. The summed E-state index contributed by atoms with van der Waals surface area (Å²) in [4.78, 5) is 30.0. The van der Waals surface area contributed by atoms with Crippen LogP contribution in [0.3, 0.4) is 0 Å². The number of rotatable bonds is 3. The number of nitrogens with zero attached hydrogens (tertiary/aromatic N) is 1. The second-order valence-corrected chi connectivity index (χ2v) is 9.69. The number of carbonyl (C=O) groups excluding carboxylic acids is 2. The van der Waals surface area contributed by atoms with E-state index in [9.17, 15) is 9.59 Å². The fraction of sp³-hybridized carbons (Fsp3) is 0.500. The number of benzene rings is 1. The van der Waals surface area contributed by atoms with Gasteiger partial charge >= 0.3 is 0 Å². The summed E-state index contributed by atoms with van der Waals surface area (Å²) in [6, 6.07) is 7.55. The van der Waals surface area contributed by atoms with Crippen LogP contribution in [-0.2, 0) is 17.6 Å². The Bertz CT molecular complexity index is 978. The van der Waals surface area contributed by atoms with Crippen LogP contribution in [0.5, 0.6) is 11.5 Å². The van der Waals surface area contributed by atoms with Crippen molar-refractivity contribution in [1.29, 1.82) is 0 Å². The Hall–Kier alpha value is -2.54. The number of carbonyl (C=O) groups is 2. The van der Waals surface area contributed by atoms with Crippen molar-refractivity contribution in [2.24, 2.45) is 5.92 Å². The molecule has 3 aliphatic rings. The van der Waals surface area contributed by atoms with Gasteiger partial charge in [0.25, 0.3) is 5.91 Å². The van der Waals surface area contributed by atoms with Crippen molar-refractivity contribution in [1.82, 2.24) is 4.90 Å². The monoisotopic (exact) mass is 440 g/mol. The first-order valence-electron chi connectivity index (χ1n) is 11.3. The lowest BCUT2D eigenvalue weighted by Crippen LogP contribution is -2.31. The Morgan fingerprint density at radius 1 is 1.00 bits per heavy atom. The number of hydrogen-bond donors (Lipinski definition) is 1. The number of ether oxygens (including phenoxy) is 2. The van der Waals surface area contributed by atoms with Gasteiger partial charge in [0.05, 0.1) is 4.88 Å². The Morgan fingerprint density at radius 3 is 2.58 bits per heavy atom. The molecule has 1 saturated heterocycles. The van der Waals surface area contributed by atoms with Crippen molar-refractivity contribution in [3.8, 4) is 11.5 Å². The molecular weight excluding hydrogens is 412 g/mol. The van der Waals surface area contributed by atoms with Crippen molar-refractivity contribution < 1.29 is 19.1 Å². The van der Waals surface area contributed by atoms with Crippen LogP contribution in [0, 0.1) is 5.92 Å². The van der Waals surface area contributed by atoms with E-state index in [2.05, 4.69) is 5.32 Å². The fourth-order valence-corrected chi connectivity index (χ4v) is 5.82. The lowest BCUT2D eigenvalue weighted by molar-refractivity contribution is -0.120. The normalized spacial score (nSPS) is 20.5. The molecule has 2 aromatic rings. The van der Waals surface area contributed by atoms with Crippen LogP contribution in [0.1, 0.15) is 52.2 Å². The quantitative estimate of drug-likeness (QED) is 0.774. The first-order valence-corrected chi connectivity index (χ1v) is 12.1. The van der Waals surface area contributed by atoms with Crippen LogP contribution in [-0.4, -0.2) is 43.0 Å². The summed E-state index contributed by atoms with van der Waals surface area (Å²) in [7, 11) is 0. The zero-order valence-corrected chi connectivity index (χ0v) is 18.5. The summed E-state index contributed by atoms with van der Waals surface area (Å²) in [5, 5.41) is 3.03. The number of amides is 2. The standard InChI is InChI=1S/C24H28N2O4S/c27-23(25-18-6-7-19-20(15-18)30-12-11-29-19)16-5-8-21-17(13-16)14-22(31-21)24(28)26-9-3-1-2-4-10-26/h6-7,14-16H,1-5,8-13H2,(H,25,27). The second-order valence-electron chi connectivity index (χ2n) is 8.55. The molecule has 0 bridgehead atoms. The third-order valence-corrected chi connectivity index (χ3v) is 7.59. The number of likely N-dealkylation sites (tertiary alicyclic amines) is 1. The Kier molecular flexibility index (Phi) is 5.85. The molecule has 0 spiro atoms. The molecule has 1 aliphatic carbocycles. The number of hydrogen-bond acceptors (Lipinski definition) is 5. The molecule has 31 heavy (non-hydrogen) atoms. The maximum atomic E-state index is 13.0. The number of thiophene rings is 1. The van der Waals surface area contributed by atoms with Crippen LogP contribution in [0.2, 0.25) is 0 Å². The molecular formula is C24H28N2O4S. The van der Waals surface area contributed by atoms with Gasteiger partial charge in [-0.25, -0.2) is 0 Å². The number of aryl methyl sites for hydroxylation is 1. The summed E-state index contributed by atoms with van der Waals surface area (Å²) < 4.78 is 11.2. The summed E-state index contributed by atoms with van der Waals surface area (Å²) in [6.45, 7) is 2.79. The van der Waals surface area contributed by atoms with Crippen LogP contribution in [0.25, 0.3) is 0 Å². The molecule has 1 atom stereocenters. The lowest BCUT2D eigenvalue weighted by atomic mass is 9.87. The predicted octanol–water partition coefficient (Wildman–Crippen LogP) is 4.28. The topological polar surface area (TPSA) is 67.9 Å². The smallest absolute Gasteiger partial charge is 0.263 e. The molecule has 3 heterocycles. The molecule has 6 nitrogen and oxygen atoms in total. The summed E-state index contributed by atoms with van der Waals surface area (Å²) in [5.74, 6) is 1.49. The third kappa shape index (κ3) is 4.42. The van der Waals surface area contributed by atoms with E-state index < -0.39 is 0 Å². The number of anilines is 1. The van der Waals surface area contributed by atoms with E-state index >= 15 is 0 Å². The van der Waals surface area contributed by atoms with Crippen LogP contribution in [0.4, 0.5) is 5.69 Å². The van der Waals surface area contributed by atoms with Crippen molar-refractivity contribution in [2.45, 2.75) is 44.9 Å². The molecule has 1 N–H and O–H groups in total. The Balaban J connectivity index is 1.24. The highest BCUT2D eigenvalue weighted by Crippen LogP contribution is 2.35. The molecule has 7 heteroatoms. The van der Waals surface area contributed by atoms with E-state index in [1.807, 2.05) is 29.2 Å². The van der Waals surface area contributed by atoms with Crippen LogP contribution in [0.15, 0.2) is 24.3 Å². The SMILES string of the molecule is O=C(Nc1ccc2c(c1)OCCO2)C1CCc2sc(C(=O)N3CCCCCC3)cc2C1. The average Bonchev–Trinajstić information content (AvgIpc) is 3.03. The van der Waals surface area contributed by atoms with E-state index in [0.29, 0.717) is 31.1 Å². The van der Waals surface area contributed by atoms with Crippen LogP contribution < -0.4 is 14.8 Å². The fourth-order valence-electron chi connectivity index (χ4n) is 4.65. The van der Waals surface area contributed by atoms with Gasteiger partial charge in [0.1, 0.15) is 13.2 Å². The van der Waals surface area contributed by atoms with Gasteiger partial charge in [-0.3, -0.25) is 9.59 Å². The first-order chi connectivity index (χ1) is 15.2. The predicted molar refractivity (Wildman–Crippen MR) is 120 cm³/mol. The largest absolute Gasteiger partial charge is 0.486 e. The molecule has 1 unspecified atom stereocenters. The van der Waals surface area contributed by atoms with Gasteiger partial charge in [0.2, 0.25) is 5.91 Å². The van der Waals surface area contributed by atoms with Crippen molar-refractivity contribution >= 4 is 28.8 Å². The zero-order chi connectivity index (χ0) is 21.2. The minimum atomic E-state index is -0.0866. The third-order valence-electron chi connectivity index (χ3n) is 6.37. The molecule has 0 saturated carbocycles. The van der Waals surface area contributed by atoms with Crippen molar-refractivity contribution in [2.75, 3.05) is 31.6 Å². The minimum Gasteiger partial charge on any atom is -0.486 e. The van der Waals surface area contributed by atoms with E-state index in [-0.39, 0.29) is 17.7 Å². The highest BCUT2D eigenvalue weighted by Gasteiger charge is 2.29. The second kappa shape index (κ2) is 8.91. The highest BCUT2D eigenvalue weighted by atomic mass is 32.1. The maximum Gasteiger partial charge on any atom is 0.263 e. The summed E-state index contributed by atoms with van der Waals surface area (Å²) >= 11 is 1.62. The molecule has 1 fully saturated rings. The summed E-state index contributed by atoms with van der Waals surface area (Å²) in [6.07, 6.45) is 6.97. The molecule has 2 aliphatic heterocycles. The average molecular weight is 441 g/mol. The van der Waals surface area contributed by atoms with Gasteiger partial charge < -0.3 is 19.7 Å². The highest BCUT2D eigenvalue weighted by molar-refractivity contribution is 7.14. The lowest BCUT2D eigenvalue weighted by Gasteiger charge is -2.22. The van der Waals surface area contributed by atoms with Gasteiger partial charge in [0.15, 0.2) is 11.5 Å². The molecule has 1 aromatic carbocycles. The Labute approximate surface area is 186 Å². The molecule has 5 rings (SSSR count). The van der Waals surface area contributed by atoms with E-state index in [0.717, 1.165) is 54.9 Å². The van der Waals surface area contributed by atoms with Gasteiger partial charge in [-0.15, -0.1) is 11.3 Å². The molecule has 2 amide bonds. The molecule has 1 aromatic heterocycles. The van der Waals surface area contributed by atoms with Gasteiger partial charge in [0, 0.05) is 35.6 Å². The zero-order valence-electron chi connectivity index (χ0n) is 17.7. The van der Waals surface area contributed by atoms with E-state index in [1.54, 1.807) is 11.3 Å². The Morgan fingerprint density at radius 2 is 1.77 bits per heavy atom.